The van der Waals surface area contributed by atoms with E-state index in [9.17, 15) is 9.59 Å². The molecule has 1 aromatic rings. The first-order valence-corrected chi connectivity index (χ1v) is 9.22. The third kappa shape index (κ3) is 4.03. The van der Waals surface area contributed by atoms with E-state index in [0.717, 1.165) is 45.0 Å². The van der Waals surface area contributed by atoms with Crippen LogP contribution >= 0.6 is 0 Å². The van der Waals surface area contributed by atoms with Gasteiger partial charge in [-0.25, -0.2) is 4.98 Å². The summed E-state index contributed by atoms with van der Waals surface area (Å²) < 4.78 is 2.04. The number of hydrogen-bond donors (Lipinski definition) is 0. The largest absolute Gasteiger partial charge is 0.341 e. The lowest BCUT2D eigenvalue weighted by atomic mass is 10.1. The molecule has 1 aromatic heterocycles. The Bertz CT molecular complexity index is 627. The minimum absolute atomic E-state index is 0.111. The molecule has 2 amide bonds. The normalized spacial score (nSPS) is 22.7. The summed E-state index contributed by atoms with van der Waals surface area (Å²) in [6, 6.07) is 0.169. The maximum atomic E-state index is 12.9. The van der Waals surface area contributed by atoms with Crippen LogP contribution in [0.1, 0.15) is 32.5 Å². The number of aryl methyl sites for hydroxylation is 1. The van der Waals surface area contributed by atoms with Crippen LogP contribution in [0, 0.1) is 5.92 Å². The van der Waals surface area contributed by atoms with Crippen molar-refractivity contribution in [1.29, 1.82) is 0 Å². The van der Waals surface area contributed by atoms with Crippen molar-refractivity contribution in [3.05, 3.63) is 18.2 Å². The van der Waals surface area contributed by atoms with E-state index in [1.54, 1.807) is 0 Å². The van der Waals surface area contributed by atoms with Gasteiger partial charge in [0.15, 0.2) is 0 Å². The zero-order chi connectivity index (χ0) is 18.0. The second kappa shape index (κ2) is 7.56. The number of rotatable bonds is 4. The van der Waals surface area contributed by atoms with Gasteiger partial charge in [-0.15, -0.1) is 0 Å². The average molecular weight is 347 g/mol. The third-order valence-electron chi connectivity index (χ3n) is 5.32. The first kappa shape index (κ1) is 17.9. The quantitative estimate of drug-likeness (QED) is 0.805. The standard InChI is InChI=1S/C18H29N5O2/c1-14(2)23-12-15(11-17(23)24)18(25)22-7-4-6-21(9-10-22)13-16-19-5-8-20(16)3/h5,8,14-15H,4,6-7,9-13H2,1-3H3/t15-/m0/s1. The molecular formula is C18H29N5O2. The molecule has 138 valence electrons. The highest BCUT2D eigenvalue weighted by Gasteiger charge is 2.37. The van der Waals surface area contributed by atoms with Crippen molar-refractivity contribution in [2.75, 3.05) is 32.7 Å². The second-order valence-electron chi connectivity index (χ2n) is 7.45. The molecule has 2 fully saturated rings. The fourth-order valence-corrected chi connectivity index (χ4v) is 3.75. The third-order valence-corrected chi connectivity index (χ3v) is 5.32. The molecule has 0 saturated carbocycles. The molecule has 0 radical (unpaired) electrons. The summed E-state index contributed by atoms with van der Waals surface area (Å²) in [6.45, 7) is 8.74. The number of nitrogens with zero attached hydrogens (tertiary/aromatic N) is 5. The number of hydrogen-bond acceptors (Lipinski definition) is 4. The molecule has 3 heterocycles. The number of imidazole rings is 1. The van der Waals surface area contributed by atoms with Gasteiger partial charge in [0, 0.05) is 64.6 Å². The van der Waals surface area contributed by atoms with Gasteiger partial charge in [0.2, 0.25) is 11.8 Å². The predicted octanol–water partition coefficient (Wildman–Crippen LogP) is 0.711. The van der Waals surface area contributed by atoms with E-state index in [1.807, 2.05) is 47.7 Å². The van der Waals surface area contributed by atoms with Crippen molar-refractivity contribution in [1.82, 2.24) is 24.3 Å². The van der Waals surface area contributed by atoms with Gasteiger partial charge in [-0.05, 0) is 20.3 Å². The molecule has 0 N–H and O–H groups in total. The van der Waals surface area contributed by atoms with Gasteiger partial charge in [-0.3, -0.25) is 14.5 Å². The highest BCUT2D eigenvalue weighted by molar-refractivity contribution is 5.89. The molecular weight excluding hydrogens is 318 g/mol. The number of likely N-dealkylation sites (tertiary alicyclic amines) is 1. The molecule has 1 atom stereocenters. The van der Waals surface area contributed by atoms with Gasteiger partial charge in [0.1, 0.15) is 5.82 Å². The van der Waals surface area contributed by atoms with E-state index in [4.69, 9.17) is 0 Å². The zero-order valence-corrected chi connectivity index (χ0v) is 15.5. The average Bonchev–Trinajstić information content (AvgIpc) is 3.06. The Morgan fingerprint density at radius 2 is 2.08 bits per heavy atom. The molecule has 2 aliphatic heterocycles. The van der Waals surface area contributed by atoms with Crippen LogP contribution < -0.4 is 0 Å². The molecule has 2 aliphatic rings. The molecule has 2 saturated heterocycles. The molecule has 25 heavy (non-hydrogen) atoms. The van der Waals surface area contributed by atoms with Gasteiger partial charge in [0.05, 0.1) is 12.5 Å². The van der Waals surface area contributed by atoms with E-state index < -0.39 is 0 Å². The molecule has 3 rings (SSSR count). The van der Waals surface area contributed by atoms with Crippen LogP contribution in [0.3, 0.4) is 0 Å². The Labute approximate surface area is 149 Å². The number of carbonyl (C=O) groups is 2. The van der Waals surface area contributed by atoms with Crippen molar-refractivity contribution in [2.24, 2.45) is 13.0 Å². The van der Waals surface area contributed by atoms with Crippen LogP contribution in [0.25, 0.3) is 0 Å². The first-order valence-electron chi connectivity index (χ1n) is 9.22. The van der Waals surface area contributed by atoms with Crippen LogP contribution in [0.4, 0.5) is 0 Å². The van der Waals surface area contributed by atoms with E-state index in [2.05, 4.69) is 9.88 Å². The Balaban J connectivity index is 1.55. The van der Waals surface area contributed by atoms with Crippen molar-refractivity contribution >= 4 is 11.8 Å². The maximum Gasteiger partial charge on any atom is 0.228 e. The van der Waals surface area contributed by atoms with E-state index >= 15 is 0 Å². The molecule has 7 heteroatoms. The van der Waals surface area contributed by atoms with Crippen molar-refractivity contribution in [3.63, 3.8) is 0 Å². The molecule has 0 aromatic carbocycles. The minimum Gasteiger partial charge on any atom is -0.341 e. The summed E-state index contributed by atoms with van der Waals surface area (Å²) in [4.78, 5) is 35.5. The van der Waals surface area contributed by atoms with Crippen LogP contribution in [0.15, 0.2) is 12.4 Å². The van der Waals surface area contributed by atoms with Crippen molar-refractivity contribution < 1.29 is 9.59 Å². The Kier molecular flexibility index (Phi) is 5.42. The molecule has 7 nitrogen and oxygen atoms in total. The Hall–Kier alpha value is -1.89. The zero-order valence-electron chi connectivity index (χ0n) is 15.5. The maximum absolute atomic E-state index is 12.9. The Morgan fingerprint density at radius 3 is 2.72 bits per heavy atom. The molecule has 0 bridgehead atoms. The van der Waals surface area contributed by atoms with E-state index in [0.29, 0.717) is 13.0 Å². The van der Waals surface area contributed by atoms with Crippen molar-refractivity contribution in [2.45, 2.75) is 39.3 Å². The van der Waals surface area contributed by atoms with Crippen LogP contribution in [0.2, 0.25) is 0 Å². The molecule has 0 unspecified atom stereocenters. The highest BCUT2D eigenvalue weighted by Crippen LogP contribution is 2.23. The predicted molar refractivity (Wildman–Crippen MR) is 94.6 cm³/mol. The highest BCUT2D eigenvalue weighted by atomic mass is 16.2. The summed E-state index contributed by atoms with van der Waals surface area (Å²) in [5.41, 5.74) is 0. The van der Waals surface area contributed by atoms with Gasteiger partial charge in [-0.2, -0.15) is 0 Å². The minimum atomic E-state index is -0.170. The van der Waals surface area contributed by atoms with Gasteiger partial charge < -0.3 is 14.4 Å². The number of amides is 2. The van der Waals surface area contributed by atoms with Crippen LogP contribution in [-0.4, -0.2) is 74.8 Å². The van der Waals surface area contributed by atoms with Gasteiger partial charge in [-0.1, -0.05) is 0 Å². The SMILES string of the molecule is CC(C)N1C[C@@H](C(=O)N2CCCN(Cc3nccn3C)CC2)CC1=O. The topological polar surface area (TPSA) is 61.7 Å². The van der Waals surface area contributed by atoms with E-state index in [1.165, 1.54) is 0 Å². The lowest BCUT2D eigenvalue weighted by Crippen LogP contribution is -2.40. The second-order valence-corrected chi connectivity index (χ2v) is 7.45. The number of carbonyl (C=O) groups excluding carboxylic acids is 2. The fraction of sp³-hybridized carbons (Fsp3) is 0.722. The monoisotopic (exact) mass is 347 g/mol. The smallest absolute Gasteiger partial charge is 0.228 e. The fourth-order valence-electron chi connectivity index (χ4n) is 3.75. The van der Waals surface area contributed by atoms with Crippen LogP contribution in [0.5, 0.6) is 0 Å². The summed E-state index contributed by atoms with van der Waals surface area (Å²) in [5, 5.41) is 0. The molecule has 0 spiro atoms. The van der Waals surface area contributed by atoms with Crippen molar-refractivity contribution in [3.8, 4) is 0 Å². The lowest BCUT2D eigenvalue weighted by molar-refractivity contribution is -0.135. The Morgan fingerprint density at radius 1 is 1.28 bits per heavy atom. The first-order chi connectivity index (χ1) is 12.0. The van der Waals surface area contributed by atoms with E-state index in [-0.39, 0.29) is 23.8 Å². The lowest BCUT2D eigenvalue weighted by Gasteiger charge is -2.25. The summed E-state index contributed by atoms with van der Waals surface area (Å²) in [5.74, 6) is 1.14. The molecule has 0 aliphatic carbocycles. The summed E-state index contributed by atoms with van der Waals surface area (Å²) in [7, 11) is 2.01. The van der Waals surface area contributed by atoms with Gasteiger partial charge in [0.25, 0.3) is 0 Å². The number of aromatic nitrogens is 2. The van der Waals surface area contributed by atoms with Crippen LogP contribution in [-0.2, 0) is 23.2 Å². The summed E-state index contributed by atoms with van der Waals surface area (Å²) in [6.07, 6.45) is 5.11. The summed E-state index contributed by atoms with van der Waals surface area (Å²) >= 11 is 0. The van der Waals surface area contributed by atoms with Gasteiger partial charge >= 0.3 is 0 Å².